The Morgan fingerprint density at radius 2 is 2.16 bits per heavy atom. The third-order valence-electron chi connectivity index (χ3n) is 4.49. The molecule has 1 saturated carbocycles. The molecule has 106 valence electrons. The molecule has 1 heterocycles. The lowest BCUT2D eigenvalue weighted by molar-refractivity contribution is -0.122. The van der Waals surface area contributed by atoms with E-state index in [9.17, 15) is 4.79 Å². The Morgan fingerprint density at radius 3 is 2.74 bits per heavy atom. The van der Waals surface area contributed by atoms with Gasteiger partial charge >= 0.3 is 0 Å². The fourth-order valence-electron chi connectivity index (χ4n) is 3.16. The van der Waals surface area contributed by atoms with Crippen molar-refractivity contribution in [2.24, 2.45) is 11.8 Å². The largest absolute Gasteiger partial charge is 0.299 e. The van der Waals surface area contributed by atoms with E-state index in [2.05, 4.69) is 25.9 Å². The number of Topliss-reactive ketones (excluding diaryl/α,β-unsaturated/α-hetero) is 1. The molecule has 1 aliphatic rings. The first-order chi connectivity index (χ1) is 9.13. The molecular weight excluding hydrogens is 236 g/mol. The Balaban J connectivity index is 1.94. The molecule has 2 unspecified atom stereocenters. The van der Waals surface area contributed by atoms with Gasteiger partial charge in [-0.25, -0.2) is 0 Å². The maximum Gasteiger partial charge on any atom is 0.141 e. The van der Waals surface area contributed by atoms with Crippen LogP contribution in [-0.2, 0) is 11.2 Å². The second-order valence-electron chi connectivity index (χ2n) is 6.02. The summed E-state index contributed by atoms with van der Waals surface area (Å²) in [5.41, 5.74) is 0.941. The molecule has 19 heavy (non-hydrogen) atoms. The molecule has 0 saturated heterocycles. The van der Waals surface area contributed by atoms with E-state index in [0.29, 0.717) is 18.2 Å². The van der Waals surface area contributed by atoms with E-state index in [1.54, 1.807) is 0 Å². The summed E-state index contributed by atoms with van der Waals surface area (Å²) >= 11 is 0. The number of rotatable bonds is 6. The summed E-state index contributed by atoms with van der Waals surface area (Å²) in [6.07, 6.45) is 8.08. The van der Waals surface area contributed by atoms with Crippen molar-refractivity contribution in [2.75, 3.05) is 0 Å². The number of carbonyl (C=O) groups excluding carboxylic acids is 1. The van der Waals surface area contributed by atoms with Crippen molar-refractivity contribution in [3.05, 3.63) is 18.0 Å². The summed E-state index contributed by atoms with van der Waals surface area (Å²) in [5.74, 6) is 1.39. The van der Waals surface area contributed by atoms with E-state index >= 15 is 0 Å². The highest BCUT2D eigenvalue weighted by molar-refractivity contribution is 5.83. The predicted molar refractivity (Wildman–Crippen MR) is 77.1 cm³/mol. The molecule has 2 rings (SSSR count). The van der Waals surface area contributed by atoms with Gasteiger partial charge in [0.15, 0.2) is 0 Å². The van der Waals surface area contributed by atoms with Crippen molar-refractivity contribution >= 4 is 5.78 Å². The first-order valence-corrected chi connectivity index (χ1v) is 7.70. The van der Waals surface area contributed by atoms with Crippen molar-refractivity contribution in [2.45, 2.75) is 65.3 Å². The topological polar surface area (TPSA) is 34.9 Å². The predicted octanol–water partition coefficient (Wildman–Crippen LogP) is 3.79. The average Bonchev–Trinajstić information content (AvgIpc) is 3.00. The van der Waals surface area contributed by atoms with Crippen LogP contribution in [0.1, 0.15) is 64.6 Å². The minimum absolute atomic E-state index is 0.285. The SMILES string of the molecule is CCC(CC)n1ccc(CC(=O)C2CCC(C)C2)n1. The molecular formula is C16H26N2O. The molecule has 0 radical (unpaired) electrons. The maximum atomic E-state index is 12.2. The highest BCUT2D eigenvalue weighted by atomic mass is 16.1. The molecule has 0 spiro atoms. The van der Waals surface area contributed by atoms with Crippen LogP contribution in [0.2, 0.25) is 0 Å². The lowest BCUT2D eigenvalue weighted by atomic mass is 9.98. The van der Waals surface area contributed by atoms with E-state index < -0.39 is 0 Å². The van der Waals surface area contributed by atoms with Gasteiger partial charge in [-0.2, -0.15) is 5.10 Å². The lowest BCUT2D eigenvalue weighted by Crippen LogP contribution is -2.15. The minimum Gasteiger partial charge on any atom is -0.299 e. The quantitative estimate of drug-likeness (QED) is 0.781. The first kappa shape index (κ1) is 14.3. The summed E-state index contributed by atoms with van der Waals surface area (Å²) in [6, 6.07) is 2.48. The summed E-state index contributed by atoms with van der Waals surface area (Å²) in [6.45, 7) is 6.61. The Hall–Kier alpha value is -1.12. The molecule has 3 nitrogen and oxygen atoms in total. The number of hydrogen-bond acceptors (Lipinski definition) is 2. The van der Waals surface area contributed by atoms with Crippen LogP contribution >= 0.6 is 0 Å². The van der Waals surface area contributed by atoms with Crippen LogP contribution in [0.15, 0.2) is 12.3 Å². The van der Waals surface area contributed by atoms with Gasteiger partial charge in [0.2, 0.25) is 0 Å². The lowest BCUT2D eigenvalue weighted by Gasteiger charge is -2.12. The molecule has 0 aromatic carbocycles. The third-order valence-corrected chi connectivity index (χ3v) is 4.49. The highest BCUT2D eigenvalue weighted by Gasteiger charge is 2.27. The fourth-order valence-corrected chi connectivity index (χ4v) is 3.16. The number of carbonyl (C=O) groups is 1. The summed E-state index contributed by atoms with van der Waals surface area (Å²) < 4.78 is 2.03. The monoisotopic (exact) mass is 262 g/mol. The minimum atomic E-state index is 0.285. The molecule has 0 N–H and O–H groups in total. The van der Waals surface area contributed by atoms with Gasteiger partial charge in [0.1, 0.15) is 5.78 Å². The molecule has 1 aliphatic carbocycles. The molecule has 1 aromatic heterocycles. The summed E-state index contributed by atoms with van der Waals surface area (Å²) in [7, 11) is 0. The van der Waals surface area contributed by atoms with Crippen molar-refractivity contribution in [1.29, 1.82) is 0 Å². The van der Waals surface area contributed by atoms with Gasteiger partial charge in [-0.1, -0.05) is 20.8 Å². The van der Waals surface area contributed by atoms with Crippen molar-refractivity contribution in [3.63, 3.8) is 0 Å². The second-order valence-corrected chi connectivity index (χ2v) is 6.02. The van der Waals surface area contributed by atoms with Gasteiger partial charge in [0, 0.05) is 12.1 Å². The van der Waals surface area contributed by atoms with Crippen LogP contribution in [0.25, 0.3) is 0 Å². The van der Waals surface area contributed by atoms with Gasteiger partial charge in [0.25, 0.3) is 0 Å². The number of aromatic nitrogens is 2. The van der Waals surface area contributed by atoms with Crippen LogP contribution in [0.3, 0.4) is 0 Å². The normalized spacial score (nSPS) is 23.2. The van der Waals surface area contributed by atoms with E-state index in [0.717, 1.165) is 37.3 Å². The number of ketones is 1. The third kappa shape index (κ3) is 3.46. The van der Waals surface area contributed by atoms with E-state index in [1.807, 2.05) is 16.9 Å². The van der Waals surface area contributed by atoms with Crippen LogP contribution < -0.4 is 0 Å². The molecule has 3 heteroatoms. The number of nitrogens with zero attached hydrogens (tertiary/aromatic N) is 2. The van der Waals surface area contributed by atoms with E-state index in [1.165, 1.54) is 6.42 Å². The average molecular weight is 262 g/mol. The zero-order valence-electron chi connectivity index (χ0n) is 12.4. The molecule has 1 aromatic rings. The van der Waals surface area contributed by atoms with Gasteiger partial charge in [-0.05, 0) is 44.1 Å². The molecule has 0 bridgehead atoms. The molecule has 0 amide bonds. The smallest absolute Gasteiger partial charge is 0.141 e. The number of hydrogen-bond donors (Lipinski definition) is 0. The van der Waals surface area contributed by atoms with Crippen LogP contribution in [-0.4, -0.2) is 15.6 Å². The first-order valence-electron chi connectivity index (χ1n) is 7.70. The standard InChI is InChI=1S/C16H26N2O/c1-4-15(5-2)18-9-8-14(17-18)11-16(19)13-7-6-12(3)10-13/h8-9,12-13,15H,4-7,10-11H2,1-3H3. The van der Waals surface area contributed by atoms with Crippen molar-refractivity contribution in [1.82, 2.24) is 9.78 Å². The van der Waals surface area contributed by atoms with Gasteiger partial charge in [-0.3, -0.25) is 9.48 Å². The summed E-state index contributed by atoms with van der Waals surface area (Å²) in [4.78, 5) is 12.2. The Labute approximate surface area is 116 Å². The zero-order chi connectivity index (χ0) is 13.8. The van der Waals surface area contributed by atoms with Crippen molar-refractivity contribution < 1.29 is 4.79 Å². The van der Waals surface area contributed by atoms with Crippen LogP contribution in [0.5, 0.6) is 0 Å². The molecule has 0 aliphatic heterocycles. The maximum absolute atomic E-state index is 12.2. The zero-order valence-corrected chi connectivity index (χ0v) is 12.4. The van der Waals surface area contributed by atoms with Crippen molar-refractivity contribution in [3.8, 4) is 0 Å². The second kappa shape index (κ2) is 6.36. The van der Waals surface area contributed by atoms with Crippen LogP contribution in [0.4, 0.5) is 0 Å². The summed E-state index contributed by atoms with van der Waals surface area (Å²) in [5, 5.41) is 4.58. The Kier molecular flexibility index (Phi) is 4.78. The Bertz CT molecular complexity index is 420. The fraction of sp³-hybridized carbons (Fsp3) is 0.750. The highest BCUT2D eigenvalue weighted by Crippen LogP contribution is 2.31. The molecule has 2 atom stereocenters. The van der Waals surface area contributed by atoms with E-state index in [4.69, 9.17) is 0 Å². The van der Waals surface area contributed by atoms with Gasteiger partial charge in [-0.15, -0.1) is 0 Å². The van der Waals surface area contributed by atoms with Crippen LogP contribution in [0, 0.1) is 11.8 Å². The van der Waals surface area contributed by atoms with Gasteiger partial charge in [0.05, 0.1) is 18.2 Å². The molecule has 1 fully saturated rings. The van der Waals surface area contributed by atoms with E-state index in [-0.39, 0.29) is 5.92 Å². The Morgan fingerprint density at radius 1 is 1.42 bits per heavy atom. The van der Waals surface area contributed by atoms with Gasteiger partial charge < -0.3 is 0 Å².